The van der Waals surface area contributed by atoms with Gasteiger partial charge < -0.3 is 18.6 Å². The van der Waals surface area contributed by atoms with Gasteiger partial charge in [0.25, 0.3) is 5.56 Å². The first kappa shape index (κ1) is 23.6. The first-order chi connectivity index (χ1) is 17.5. The SMILES string of the molecule is CCOc1c(Br)cc(C=Nn2c(-c3cc4c(OC)cccc4o3)nc3ccccc3c2=O)cc1OC. The summed E-state index contributed by atoms with van der Waals surface area (Å²) in [7, 11) is 3.16. The van der Waals surface area contributed by atoms with Crippen molar-refractivity contribution in [1.82, 2.24) is 9.66 Å². The fourth-order valence-electron chi connectivity index (χ4n) is 3.94. The highest BCUT2D eigenvalue weighted by Gasteiger charge is 2.18. The van der Waals surface area contributed by atoms with Gasteiger partial charge in [-0.3, -0.25) is 4.79 Å². The molecule has 0 aliphatic rings. The van der Waals surface area contributed by atoms with Gasteiger partial charge in [-0.15, -0.1) is 0 Å². The minimum absolute atomic E-state index is 0.269. The number of halogens is 1. The van der Waals surface area contributed by atoms with Gasteiger partial charge in [-0.1, -0.05) is 18.2 Å². The van der Waals surface area contributed by atoms with E-state index in [1.165, 1.54) is 4.68 Å². The van der Waals surface area contributed by atoms with Crippen LogP contribution in [0.5, 0.6) is 17.2 Å². The van der Waals surface area contributed by atoms with Crippen molar-refractivity contribution in [2.75, 3.05) is 20.8 Å². The number of benzene rings is 3. The first-order valence-electron chi connectivity index (χ1n) is 11.2. The highest BCUT2D eigenvalue weighted by atomic mass is 79.9. The Labute approximate surface area is 214 Å². The van der Waals surface area contributed by atoms with E-state index in [0.717, 1.165) is 5.39 Å². The molecule has 2 aromatic heterocycles. The molecule has 0 unspecified atom stereocenters. The lowest BCUT2D eigenvalue weighted by molar-refractivity contribution is 0.309. The molecule has 0 aliphatic carbocycles. The van der Waals surface area contributed by atoms with Gasteiger partial charge in [0.2, 0.25) is 5.82 Å². The summed E-state index contributed by atoms with van der Waals surface area (Å²) in [4.78, 5) is 18.2. The highest BCUT2D eigenvalue weighted by molar-refractivity contribution is 9.10. The van der Waals surface area contributed by atoms with Crippen molar-refractivity contribution in [1.29, 1.82) is 0 Å². The van der Waals surface area contributed by atoms with E-state index in [2.05, 4.69) is 21.0 Å². The molecule has 0 amide bonds. The van der Waals surface area contributed by atoms with E-state index in [0.29, 0.717) is 56.1 Å². The Morgan fingerprint density at radius 3 is 2.61 bits per heavy atom. The first-order valence-corrected chi connectivity index (χ1v) is 12.0. The number of fused-ring (bicyclic) bond motifs is 2. The second-order valence-corrected chi connectivity index (χ2v) is 8.62. The van der Waals surface area contributed by atoms with Crippen molar-refractivity contribution < 1.29 is 18.6 Å². The molecule has 3 aromatic carbocycles. The second-order valence-electron chi connectivity index (χ2n) is 7.76. The summed E-state index contributed by atoms with van der Waals surface area (Å²) in [6.45, 7) is 2.39. The molecular formula is C27H22BrN3O5. The lowest BCUT2D eigenvalue weighted by Gasteiger charge is -2.12. The van der Waals surface area contributed by atoms with Gasteiger partial charge in [-0.25, -0.2) is 4.98 Å². The van der Waals surface area contributed by atoms with Crippen LogP contribution in [0.4, 0.5) is 0 Å². The van der Waals surface area contributed by atoms with Gasteiger partial charge in [0.1, 0.15) is 11.3 Å². The predicted molar refractivity (Wildman–Crippen MR) is 143 cm³/mol. The standard InChI is InChI=1S/C27H22BrN3O5/c1-4-35-25-19(28)12-16(13-23(25)34-3)15-29-31-26(30-20-9-6-5-8-17(20)27(31)32)24-14-18-21(33-2)10-7-11-22(18)36-24/h5-15H,4H2,1-3H3. The van der Waals surface area contributed by atoms with Gasteiger partial charge in [0.05, 0.1) is 47.8 Å². The Morgan fingerprint density at radius 1 is 1.03 bits per heavy atom. The zero-order chi connectivity index (χ0) is 25.2. The van der Waals surface area contributed by atoms with Crippen LogP contribution >= 0.6 is 15.9 Å². The highest BCUT2D eigenvalue weighted by Crippen LogP contribution is 2.36. The maximum atomic E-state index is 13.5. The molecule has 5 aromatic rings. The quantitative estimate of drug-likeness (QED) is 0.237. The van der Waals surface area contributed by atoms with E-state index in [4.69, 9.17) is 23.6 Å². The lowest BCUT2D eigenvalue weighted by Crippen LogP contribution is -2.20. The van der Waals surface area contributed by atoms with Crippen molar-refractivity contribution in [3.8, 4) is 28.8 Å². The van der Waals surface area contributed by atoms with Gasteiger partial charge in [-0.2, -0.15) is 9.78 Å². The average Bonchev–Trinajstić information content (AvgIpc) is 3.34. The number of hydrogen-bond acceptors (Lipinski definition) is 7. The molecule has 0 aliphatic heterocycles. The van der Waals surface area contributed by atoms with Crippen LogP contribution in [0.1, 0.15) is 12.5 Å². The predicted octanol–water partition coefficient (Wildman–Crippen LogP) is 5.87. The van der Waals surface area contributed by atoms with Crippen molar-refractivity contribution in [3.63, 3.8) is 0 Å². The molecule has 0 saturated heterocycles. The van der Waals surface area contributed by atoms with Gasteiger partial charge in [-0.05, 0) is 70.9 Å². The normalized spacial score (nSPS) is 11.4. The van der Waals surface area contributed by atoms with Crippen LogP contribution in [-0.2, 0) is 0 Å². The summed E-state index contributed by atoms with van der Waals surface area (Å²) >= 11 is 3.52. The van der Waals surface area contributed by atoms with E-state index in [1.807, 2.05) is 37.3 Å². The van der Waals surface area contributed by atoms with Crippen LogP contribution in [0, 0.1) is 0 Å². The third-order valence-corrected chi connectivity index (χ3v) is 6.17. The third kappa shape index (κ3) is 4.22. The fraction of sp³-hybridized carbons (Fsp3) is 0.148. The Balaban J connectivity index is 1.69. The van der Waals surface area contributed by atoms with Crippen molar-refractivity contribution in [2.24, 2.45) is 5.10 Å². The summed E-state index contributed by atoms with van der Waals surface area (Å²) in [5.41, 5.74) is 1.53. The van der Waals surface area contributed by atoms with Crippen LogP contribution in [0.3, 0.4) is 0 Å². The van der Waals surface area contributed by atoms with E-state index in [1.54, 1.807) is 50.8 Å². The molecular weight excluding hydrogens is 526 g/mol. The molecule has 0 spiro atoms. The van der Waals surface area contributed by atoms with Crippen LogP contribution < -0.4 is 19.8 Å². The molecule has 5 rings (SSSR count). The van der Waals surface area contributed by atoms with Gasteiger partial charge >= 0.3 is 0 Å². The Kier molecular flexibility index (Phi) is 6.47. The third-order valence-electron chi connectivity index (χ3n) is 5.58. The molecule has 0 atom stereocenters. The molecule has 0 fully saturated rings. The summed E-state index contributed by atoms with van der Waals surface area (Å²) in [6, 6.07) is 18.1. The number of methoxy groups -OCH3 is 2. The molecule has 0 N–H and O–H groups in total. The molecule has 36 heavy (non-hydrogen) atoms. The van der Waals surface area contributed by atoms with Crippen molar-refractivity contribution in [3.05, 3.63) is 81.1 Å². The van der Waals surface area contributed by atoms with Crippen LogP contribution in [0.25, 0.3) is 33.5 Å². The largest absolute Gasteiger partial charge is 0.496 e. The topological polar surface area (TPSA) is 88.1 Å². The molecule has 0 radical (unpaired) electrons. The Morgan fingerprint density at radius 2 is 1.83 bits per heavy atom. The zero-order valence-corrected chi connectivity index (χ0v) is 21.4. The van der Waals surface area contributed by atoms with Gasteiger partial charge in [0, 0.05) is 0 Å². The minimum Gasteiger partial charge on any atom is -0.496 e. The molecule has 8 nitrogen and oxygen atoms in total. The fourth-order valence-corrected chi connectivity index (χ4v) is 4.51. The van der Waals surface area contributed by atoms with E-state index in [-0.39, 0.29) is 11.4 Å². The smallest absolute Gasteiger partial charge is 0.282 e. The summed E-state index contributed by atoms with van der Waals surface area (Å²) in [5, 5.41) is 5.73. The monoisotopic (exact) mass is 547 g/mol. The number of hydrogen-bond donors (Lipinski definition) is 0. The zero-order valence-electron chi connectivity index (χ0n) is 19.8. The summed E-state index contributed by atoms with van der Waals surface area (Å²) < 4.78 is 24.6. The summed E-state index contributed by atoms with van der Waals surface area (Å²) in [5.74, 6) is 2.46. The summed E-state index contributed by atoms with van der Waals surface area (Å²) in [6.07, 6.45) is 1.56. The number of ether oxygens (including phenoxy) is 3. The number of aromatic nitrogens is 2. The number of para-hydroxylation sites is 1. The molecule has 9 heteroatoms. The van der Waals surface area contributed by atoms with E-state index in [9.17, 15) is 4.79 Å². The maximum absolute atomic E-state index is 13.5. The second kappa shape index (κ2) is 9.87. The number of furan rings is 1. The number of nitrogens with zero attached hydrogens (tertiary/aromatic N) is 3. The average molecular weight is 548 g/mol. The van der Waals surface area contributed by atoms with Gasteiger partial charge in [0.15, 0.2) is 17.3 Å². The molecule has 0 bridgehead atoms. The Hall–Kier alpha value is -4.11. The minimum atomic E-state index is -0.323. The lowest BCUT2D eigenvalue weighted by atomic mass is 10.2. The van der Waals surface area contributed by atoms with E-state index < -0.39 is 0 Å². The van der Waals surface area contributed by atoms with Crippen molar-refractivity contribution >= 4 is 44.0 Å². The van der Waals surface area contributed by atoms with Crippen LogP contribution in [0.2, 0.25) is 0 Å². The molecule has 0 saturated carbocycles. The molecule has 182 valence electrons. The molecule has 2 heterocycles. The number of rotatable bonds is 7. The van der Waals surface area contributed by atoms with Crippen LogP contribution in [-0.4, -0.2) is 36.7 Å². The Bertz CT molecular complexity index is 1670. The van der Waals surface area contributed by atoms with E-state index >= 15 is 0 Å². The van der Waals surface area contributed by atoms with Crippen LogP contribution in [0.15, 0.2) is 79.4 Å². The maximum Gasteiger partial charge on any atom is 0.282 e. The van der Waals surface area contributed by atoms with Crippen molar-refractivity contribution in [2.45, 2.75) is 6.92 Å².